The number of fused-ring (bicyclic) bond motifs is 1. The van der Waals surface area contributed by atoms with E-state index in [1.54, 1.807) is 0 Å². The third kappa shape index (κ3) is 4.01. The van der Waals surface area contributed by atoms with Crippen LogP contribution in [0.15, 0.2) is 24.3 Å². The van der Waals surface area contributed by atoms with Gasteiger partial charge in [-0.3, -0.25) is 0 Å². The molecule has 0 bridgehead atoms. The van der Waals surface area contributed by atoms with Gasteiger partial charge in [0.05, 0.1) is 0 Å². The van der Waals surface area contributed by atoms with Gasteiger partial charge < -0.3 is 10.6 Å². The highest BCUT2D eigenvalue weighted by Gasteiger charge is 2.16. The van der Waals surface area contributed by atoms with Gasteiger partial charge in [0.2, 0.25) is 0 Å². The van der Waals surface area contributed by atoms with Crippen molar-refractivity contribution >= 4 is 11.5 Å². The Balaban J connectivity index is 1.75. The van der Waals surface area contributed by atoms with Crippen molar-refractivity contribution in [3.05, 3.63) is 46.9 Å². The summed E-state index contributed by atoms with van der Waals surface area (Å²) in [5.74, 6) is 1.89. The van der Waals surface area contributed by atoms with Crippen LogP contribution < -0.4 is 10.6 Å². The number of hydrogen-bond acceptors (Lipinski definition) is 4. The molecule has 0 aliphatic heterocycles. The highest BCUT2D eigenvalue weighted by atomic mass is 15.0. The Bertz CT molecular complexity index is 679. The average molecular weight is 310 g/mol. The van der Waals surface area contributed by atoms with Crippen molar-refractivity contribution in [2.24, 2.45) is 0 Å². The van der Waals surface area contributed by atoms with Crippen molar-refractivity contribution in [3.63, 3.8) is 0 Å². The van der Waals surface area contributed by atoms with Crippen LogP contribution in [0.4, 0.5) is 11.5 Å². The Labute approximate surface area is 138 Å². The molecule has 0 saturated carbocycles. The summed E-state index contributed by atoms with van der Waals surface area (Å²) < 4.78 is 0. The fraction of sp³-hybridized carbons (Fsp3) is 0.474. The van der Waals surface area contributed by atoms with Gasteiger partial charge in [-0.1, -0.05) is 12.1 Å². The third-order valence-electron chi connectivity index (χ3n) is 4.14. The van der Waals surface area contributed by atoms with Crippen LogP contribution in [0.1, 0.15) is 49.3 Å². The lowest BCUT2D eigenvalue weighted by Gasteiger charge is -2.19. The molecule has 0 radical (unpaired) electrons. The average Bonchev–Trinajstić information content (AvgIpc) is 2.52. The Morgan fingerprint density at radius 1 is 1.13 bits per heavy atom. The molecule has 1 aromatic carbocycles. The summed E-state index contributed by atoms with van der Waals surface area (Å²) in [6.07, 6.45) is 4.65. The van der Waals surface area contributed by atoms with Gasteiger partial charge in [0.1, 0.15) is 11.6 Å². The van der Waals surface area contributed by atoms with E-state index in [0.29, 0.717) is 6.04 Å². The van der Waals surface area contributed by atoms with Crippen LogP contribution in [0.2, 0.25) is 0 Å². The lowest BCUT2D eigenvalue weighted by atomic mass is 9.96. The number of hydrogen-bond donors (Lipinski definition) is 2. The smallest absolute Gasteiger partial charge is 0.133 e. The molecule has 1 heterocycles. The molecular weight excluding hydrogens is 284 g/mol. The lowest BCUT2D eigenvalue weighted by molar-refractivity contribution is 0.659. The summed E-state index contributed by atoms with van der Waals surface area (Å²) in [4.78, 5) is 9.25. The zero-order valence-corrected chi connectivity index (χ0v) is 14.3. The second-order valence-corrected chi connectivity index (χ2v) is 6.60. The summed E-state index contributed by atoms with van der Waals surface area (Å²) in [5.41, 5.74) is 4.98. The number of aromatic nitrogens is 2. The predicted octanol–water partition coefficient (Wildman–Crippen LogP) is 4.10. The van der Waals surface area contributed by atoms with Crippen molar-refractivity contribution in [2.75, 3.05) is 10.6 Å². The molecule has 1 aliphatic carbocycles. The van der Waals surface area contributed by atoms with Gasteiger partial charge in [-0.05, 0) is 64.2 Å². The summed E-state index contributed by atoms with van der Waals surface area (Å²) in [6, 6.07) is 9.00. The van der Waals surface area contributed by atoms with Crippen molar-refractivity contribution < 1.29 is 0 Å². The molecule has 4 heteroatoms. The second-order valence-electron chi connectivity index (χ2n) is 6.60. The fourth-order valence-corrected chi connectivity index (χ4v) is 3.15. The fourth-order valence-electron chi connectivity index (χ4n) is 3.15. The van der Waals surface area contributed by atoms with Crippen LogP contribution in [0.25, 0.3) is 0 Å². The van der Waals surface area contributed by atoms with Crippen LogP contribution in [0.5, 0.6) is 0 Å². The van der Waals surface area contributed by atoms with E-state index in [1.807, 2.05) is 6.92 Å². The zero-order chi connectivity index (χ0) is 16.2. The largest absolute Gasteiger partial charge is 0.383 e. The Morgan fingerprint density at radius 3 is 2.78 bits per heavy atom. The van der Waals surface area contributed by atoms with E-state index in [1.165, 1.54) is 35.3 Å². The first kappa shape index (κ1) is 15.8. The molecule has 4 nitrogen and oxygen atoms in total. The van der Waals surface area contributed by atoms with Gasteiger partial charge >= 0.3 is 0 Å². The predicted molar refractivity (Wildman–Crippen MR) is 95.9 cm³/mol. The first-order valence-electron chi connectivity index (χ1n) is 8.57. The van der Waals surface area contributed by atoms with E-state index in [-0.39, 0.29) is 0 Å². The Morgan fingerprint density at radius 2 is 1.96 bits per heavy atom. The molecule has 0 saturated heterocycles. The van der Waals surface area contributed by atoms with E-state index >= 15 is 0 Å². The normalized spacial score (nSPS) is 13.7. The summed E-state index contributed by atoms with van der Waals surface area (Å²) in [6.45, 7) is 7.07. The van der Waals surface area contributed by atoms with E-state index in [9.17, 15) is 0 Å². The molecule has 23 heavy (non-hydrogen) atoms. The lowest BCUT2D eigenvalue weighted by Crippen LogP contribution is -2.14. The molecule has 0 unspecified atom stereocenters. The van der Waals surface area contributed by atoms with E-state index in [4.69, 9.17) is 0 Å². The minimum absolute atomic E-state index is 0.440. The van der Waals surface area contributed by atoms with Crippen LogP contribution in [0.3, 0.4) is 0 Å². The van der Waals surface area contributed by atoms with Gasteiger partial charge in [-0.25, -0.2) is 9.97 Å². The number of rotatable bonds is 5. The van der Waals surface area contributed by atoms with Gasteiger partial charge in [0.25, 0.3) is 0 Å². The number of anilines is 2. The number of nitrogens with zero attached hydrogens (tertiary/aromatic N) is 2. The molecule has 1 aromatic heterocycles. The molecule has 0 amide bonds. The maximum absolute atomic E-state index is 4.63. The highest BCUT2D eigenvalue weighted by Crippen LogP contribution is 2.26. The van der Waals surface area contributed by atoms with Gasteiger partial charge in [0, 0.05) is 29.5 Å². The quantitative estimate of drug-likeness (QED) is 0.873. The van der Waals surface area contributed by atoms with Crippen molar-refractivity contribution in [1.29, 1.82) is 0 Å². The van der Waals surface area contributed by atoms with Gasteiger partial charge in [-0.15, -0.1) is 0 Å². The SMILES string of the molecule is Cc1nc2c(c(NCc3cccc(NC(C)C)c3)n1)CCCC2. The molecule has 0 atom stereocenters. The van der Waals surface area contributed by atoms with Crippen LogP contribution in [0, 0.1) is 6.92 Å². The van der Waals surface area contributed by atoms with E-state index in [0.717, 1.165) is 31.0 Å². The molecular formula is C19H26N4. The molecule has 122 valence electrons. The number of benzene rings is 1. The Hall–Kier alpha value is -2.10. The summed E-state index contributed by atoms with van der Waals surface area (Å²) in [7, 11) is 0. The molecule has 0 spiro atoms. The number of aryl methyl sites for hydroxylation is 2. The van der Waals surface area contributed by atoms with Gasteiger partial charge in [0.15, 0.2) is 0 Å². The van der Waals surface area contributed by atoms with Crippen LogP contribution >= 0.6 is 0 Å². The van der Waals surface area contributed by atoms with Gasteiger partial charge in [-0.2, -0.15) is 0 Å². The number of nitrogens with one attached hydrogen (secondary N) is 2. The molecule has 3 rings (SSSR count). The maximum atomic E-state index is 4.63. The Kier molecular flexibility index (Phi) is 4.79. The third-order valence-corrected chi connectivity index (χ3v) is 4.14. The second kappa shape index (κ2) is 6.99. The monoisotopic (exact) mass is 310 g/mol. The summed E-state index contributed by atoms with van der Waals surface area (Å²) >= 11 is 0. The van der Waals surface area contributed by atoms with Crippen molar-refractivity contribution in [1.82, 2.24) is 9.97 Å². The zero-order valence-electron chi connectivity index (χ0n) is 14.3. The first-order chi connectivity index (χ1) is 11.1. The molecule has 0 fully saturated rings. The standard InChI is InChI=1S/C19H26N4/c1-13(2)21-16-8-6-7-15(11-16)12-20-19-17-9-4-5-10-18(17)22-14(3)23-19/h6-8,11,13,21H,4-5,9-10,12H2,1-3H3,(H,20,22,23). The first-order valence-corrected chi connectivity index (χ1v) is 8.57. The van der Waals surface area contributed by atoms with E-state index < -0.39 is 0 Å². The molecule has 1 aliphatic rings. The van der Waals surface area contributed by atoms with E-state index in [2.05, 4.69) is 58.7 Å². The van der Waals surface area contributed by atoms with Crippen LogP contribution in [-0.2, 0) is 19.4 Å². The summed E-state index contributed by atoms with van der Waals surface area (Å²) in [5, 5.41) is 6.98. The minimum atomic E-state index is 0.440. The maximum Gasteiger partial charge on any atom is 0.133 e. The van der Waals surface area contributed by atoms with Crippen molar-refractivity contribution in [2.45, 2.75) is 59.0 Å². The van der Waals surface area contributed by atoms with Crippen LogP contribution in [-0.4, -0.2) is 16.0 Å². The topological polar surface area (TPSA) is 49.8 Å². The highest BCUT2D eigenvalue weighted by molar-refractivity contribution is 5.50. The molecule has 2 N–H and O–H groups in total. The van der Waals surface area contributed by atoms with Crippen molar-refractivity contribution in [3.8, 4) is 0 Å². The molecule has 2 aromatic rings. The minimum Gasteiger partial charge on any atom is -0.383 e.